The van der Waals surface area contributed by atoms with Crippen molar-refractivity contribution in [2.75, 3.05) is 0 Å². The van der Waals surface area contributed by atoms with Crippen LogP contribution < -0.4 is 10.5 Å². The highest BCUT2D eigenvalue weighted by Crippen LogP contribution is 2.25. The number of hydrogen-bond donors (Lipinski definition) is 2. The van der Waals surface area contributed by atoms with Gasteiger partial charge in [0.05, 0.1) is 10.9 Å². The Labute approximate surface area is 148 Å². The van der Waals surface area contributed by atoms with E-state index in [0.29, 0.717) is 27.8 Å². The van der Waals surface area contributed by atoms with Gasteiger partial charge in [0.2, 0.25) is 10.0 Å². The monoisotopic (exact) mass is 386 g/mol. The smallest absolute Gasteiger partial charge is 0.288 e. The van der Waals surface area contributed by atoms with Crippen molar-refractivity contribution in [1.82, 2.24) is 5.32 Å². The fraction of sp³-hybridized carbons (Fsp3) is 0.188. The van der Waals surface area contributed by atoms with Crippen LogP contribution >= 0.6 is 11.8 Å². The molecule has 9 heteroatoms. The molecule has 0 spiro atoms. The fourth-order valence-electron chi connectivity index (χ4n) is 2.10. The van der Waals surface area contributed by atoms with Crippen molar-refractivity contribution in [3.63, 3.8) is 0 Å². The first-order valence-electron chi connectivity index (χ1n) is 7.15. The number of hydrogen-bond acceptors (Lipinski definition) is 4. The molecule has 0 aliphatic heterocycles. The van der Waals surface area contributed by atoms with Crippen LogP contribution in [0.2, 0.25) is 0 Å². The van der Waals surface area contributed by atoms with E-state index in [4.69, 9.17) is 5.14 Å². The highest BCUT2D eigenvalue weighted by molar-refractivity contribution is 7.99. The number of nitrogens with one attached hydrogen (secondary N) is 1. The summed E-state index contributed by atoms with van der Waals surface area (Å²) < 4.78 is 47.0. The summed E-state index contributed by atoms with van der Waals surface area (Å²) in [5.41, 5.74) is 1.04. The molecule has 0 saturated carbocycles. The van der Waals surface area contributed by atoms with E-state index in [-0.39, 0.29) is 16.8 Å². The molecule has 2 rings (SSSR count). The summed E-state index contributed by atoms with van der Waals surface area (Å²) in [7, 11) is -3.77. The lowest BCUT2D eigenvalue weighted by Gasteiger charge is -2.15. The van der Waals surface area contributed by atoms with Crippen LogP contribution in [0.5, 0.6) is 0 Å². The van der Waals surface area contributed by atoms with Gasteiger partial charge in [-0.1, -0.05) is 23.9 Å². The van der Waals surface area contributed by atoms with Gasteiger partial charge in [0.15, 0.2) is 0 Å². The summed E-state index contributed by atoms with van der Waals surface area (Å²) in [5, 5.41) is 7.79. The summed E-state index contributed by atoms with van der Waals surface area (Å²) in [6.07, 6.45) is 0. The minimum atomic E-state index is -3.77. The first-order chi connectivity index (χ1) is 11.7. The Kier molecular flexibility index (Phi) is 6.15. The molecule has 2 aromatic rings. The zero-order valence-electron chi connectivity index (χ0n) is 13.1. The van der Waals surface area contributed by atoms with Crippen molar-refractivity contribution in [2.45, 2.75) is 28.5 Å². The average molecular weight is 386 g/mol. The molecule has 1 amide bonds. The lowest BCUT2D eigenvalue weighted by Crippen LogP contribution is -2.26. The van der Waals surface area contributed by atoms with E-state index in [1.807, 2.05) is 0 Å². The number of carbonyl (C=O) groups is 1. The lowest BCUT2D eigenvalue weighted by atomic mass is 10.1. The molecule has 0 fully saturated rings. The molecule has 0 saturated heterocycles. The molecular formula is C16H16F2N2O3S2. The van der Waals surface area contributed by atoms with E-state index in [2.05, 4.69) is 5.32 Å². The number of nitrogens with two attached hydrogens (primary N) is 1. The van der Waals surface area contributed by atoms with Gasteiger partial charge < -0.3 is 5.32 Å². The molecule has 25 heavy (non-hydrogen) atoms. The zero-order chi connectivity index (χ0) is 18.6. The van der Waals surface area contributed by atoms with E-state index in [0.717, 1.165) is 0 Å². The van der Waals surface area contributed by atoms with Gasteiger partial charge in [0, 0.05) is 10.5 Å². The number of sulfonamides is 1. The number of halogens is 2. The number of rotatable bonds is 6. The van der Waals surface area contributed by atoms with E-state index < -0.39 is 15.8 Å². The van der Waals surface area contributed by atoms with Gasteiger partial charge in [0.25, 0.3) is 11.7 Å². The van der Waals surface area contributed by atoms with Crippen LogP contribution in [-0.2, 0) is 10.0 Å². The Morgan fingerprint density at radius 1 is 1.08 bits per heavy atom. The van der Waals surface area contributed by atoms with E-state index in [1.165, 1.54) is 36.4 Å². The number of amides is 1. The van der Waals surface area contributed by atoms with Crippen molar-refractivity contribution < 1.29 is 22.0 Å². The molecule has 0 radical (unpaired) electrons. The van der Waals surface area contributed by atoms with Crippen molar-refractivity contribution in [3.8, 4) is 0 Å². The van der Waals surface area contributed by atoms with Crippen molar-refractivity contribution in [2.24, 2.45) is 5.14 Å². The second kappa shape index (κ2) is 7.94. The zero-order valence-corrected chi connectivity index (χ0v) is 14.8. The molecule has 2 aromatic carbocycles. The molecule has 0 bridgehead atoms. The van der Waals surface area contributed by atoms with E-state index >= 15 is 0 Å². The predicted molar refractivity (Wildman–Crippen MR) is 92.0 cm³/mol. The minimum absolute atomic E-state index is 0.0121. The van der Waals surface area contributed by atoms with Gasteiger partial charge in [-0.15, -0.1) is 0 Å². The normalized spacial score (nSPS) is 12.8. The molecule has 134 valence electrons. The first kappa shape index (κ1) is 19.4. The second-order valence-corrected chi connectivity index (χ2v) is 7.84. The largest absolute Gasteiger partial charge is 0.346 e. The number of thioether (sulfide) groups is 1. The third kappa shape index (κ3) is 5.52. The maximum atomic E-state index is 12.3. The van der Waals surface area contributed by atoms with Crippen LogP contribution in [0.25, 0.3) is 0 Å². The van der Waals surface area contributed by atoms with Crippen LogP contribution in [0.3, 0.4) is 0 Å². The van der Waals surface area contributed by atoms with Gasteiger partial charge in [-0.05, 0) is 48.9 Å². The number of primary sulfonamides is 1. The molecule has 5 nitrogen and oxygen atoms in total. The second-order valence-electron chi connectivity index (χ2n) is 5.21. The number of benzene rings is 2. The standard InChI is InChI=1S/C16H16F2N2O3S2/c1-10(11-4-8-14(9-5-11)25(19,22)23)20-15(21)12-2-6-13(7-3-12)24-16(17)18/h2-10,16H,1H3,(H,20,21)(H2,19,22,23). The van der Waals surface area contributed by atoms with Crippen LogP contribution in [0.15, 0.2) is 58.3 Å². The van der Waals surface area contributed by atoms with Gasteiger partial charge >= 0.3 is 0 Å². The summed E-state index contributed by atoms with van der Waals surface area (Å²) in [4.78, 5) is 12.6. The van der Waals surface area contributed by atoms with Crippen LogP contribution in [0.1, 0.15) is 28.9 Å². The van der Waals surface area contributed by atoms with E-state index in [9.17, 15) is 22.0 Å². The van der Waals surface area contributed by atoms with Crippen LogP contribution in [0.4, 0.5) is 8.78 Å². The van der Waals surface area contributed by atoms with E-state index in [1.54, 1.807) is 19.1 Å². The maximum absolute atomic E-state index is 12.3. The lowest BCUT2D eigenvalue weighted by molar-refractivity contribution is 0.0940. The molecule has 0 aromatic heterocycles. The quantitative estimate of drug-likeness (QED) is 0.747. The molecule has 3 N–H and O–H groups in total. The number of carbonyl (C=O) groups excluding carboxylic acids is 1. The van der Waals surface area contributed by atoms with Crippen LogP contribution in [-0.4, -0.2) is 20.1 Å². The van der Waals surface area contributed by atoms with Gasteiger partial charge in [-0.3, -0.25) is 4.79 Å². The molecule has 0 aliphatic carbocycles. The first-order valence-corrected chi connectivity index (χ1v) is 9.58. The summed E-state index contributed by atoms with van der Waals surface area (Å²) in [6, 6.07) is 11.3. The van der Waals surface area contributed by atoms with Gasteiger partial charge in [0.1, 0.15) is 0 Å². The average Bonchev–Trinajstić information content (AvgIpc) is 2.54. The topological polar surface area (TPSA) is 89.3 Å². The third-order valence-corrected chi connectivity index (χ3v) is 5.05. The SMILES string of the molecule is CC(NC(=O)c1ccc(SC(F)F)cc1)c1ccc(S(N)(=O)=O)cc1. The van der Waals surface area contributed by atoms with Crippen molar-refractivity contribution >= 4 is 27.7 Å². The van der Waals surface area contributed by atoms with Gasteiger partial charge in [-0.25, -0.2) is 13.6 Å². The Morgan fingerprint density at radius 2 is 1.64 bits per heavy atom. The van der Waals surface area contributed by atoms with Crippen LogP contribution in [0, 0.1) is 0 Å². The Morgan fingerprint density at radius 3 is 2.12 bits per heavy atom. The van der Waals surface area contributed by atoms with Crippen molar-refractivity contribution in [1.29, 1.82) is 0 Å². The Balaban J connectivity index is 2.04. The highest BCUT2D eigenvalue weighted by atomic mass is 32.2. The molecule has 1 atom stereocenters. The summed E-state index contributed by atoms with van der Waals surface area (Å²) >= 11 is 0.409. The molecule has 1 unspecified atom stereocenters. The number of alkyl halides is 2. The van der Waals surface area contributed by atoms with Gasteiger partial charge in [-0.2, -0.15) is 8.78 Å². The molecular weight excluding hydrogens is 370 g/mol. The Bertz CT molecular complexity index is 839. The maximum Gasteiger partial charge on any atom is 0.288 e. The molecule has 0 heterocycles. The highest BCUT2D eigenvalue weighted by Gasteiger charge is 2.14. The minimum Gasteiger partial charge on any atom is -0.346 e. The van der Waals surface area contributed by atoms with Crippen molar-refractivity contribution in [3.05, 3.63) is 59.7 Å². The third-order valence-electron chi connectivity index (χ3n) is 3.40. The molecule has 0 aliphatic rings. The summed E-state index contributed by atoms with van der Waals surface area (Å²) in [5.74, 6) is -2.88. The summed E-state index contributed by atoms with van der Waals surface area (Å²) in [6.45, 7) is 1.74. The fourth-order valence-corrected chi connectivity index (χ4v) is 3.11. The predicted octanol–water partition coefficient (Wildman–Crippen LogP) is 3.14. The Hall–Kier alpha value is -1.97.